The van der Waals surface area contributed by atoms with Gasteiger partial charge < -0.3 is 10.2 Å². The first-order valence-electron chi connectivity index (χ1n) is 6.91. The van der Waals surface area contributed by atoms with Crippen LogP contribution in [-0.2, 0) is 10.0 Å². The summed E-state index contributed by atoms with van der Waals surface area (Å²) < 4.78 is 26.2. The Bertz CT molecular complexity index is 578. The standard InChI is InChI=1S/C14H23N3O3S.ClH/c1-4-11-21(19,20)16-13-8-6-5-7-12(13)14(18)17(3)10-9-15-2;/h5-8,15-16H,4,9-11H2,1-3H3;1H. The highest BCUT2D eigenvalue weighted by Crippen LogP contribution is 2.18. The molecule has 0 fully saturated rings. The lowest BCUT2D eigenvalue weighted by Gasteiger charge is -2.19. The first kappa shape index (κ1) is 20.7. The van der Waals surface area contributed by atoms with Crippen molar-refractivity contribution in [3.05, 3.63) is 29.8 Å². The van der Waals surface area contributed by atoms with Crippen molar-refractivity contribution in [1.82, 2.24) is 10.2 Å². The van der Waals surface area contributed by atoms with E-state index in [2.05, 4.69) is 10.0 Å². The number of anilines is 1. The highest BCUT2D eigenvalue weighted by atomic mass is 35.5. The molecule has 22 heavy (non-hydrogen) atoms. The number of sulfonamides is 1. The smallest absolute Gasteiger partial charge is 0.255 e. The van der Waals surface area contributed by atoms with Gasteiger partial charge in [0.2, 0.25) is 10.0 Å². The third kappa shape index (κ3) is 6.21. The predicted molar refractivity (Wildman–Crippen MR) is 92.3 cm³/mol. The first-order chi connectivity index (χ1) is 9.91. The van der Waals surface area contributed by atoms with E-state index in [-0.39, 0.29) is 24.1 Å². The molecule has 0 atom stereocenters. The molecule has 0 saturated carbocycles. The molecular weight excluding hydrogens is 326 g/mol. The second kappa shape index (κ2) is 9.66. The van der Waals surface area contributed by atoms with E-state index >= 15 is 0 Å². The molecule has 0 radical (unpaired) electrons. The number of halogens is 1. The maximum Gasteiger partial charge on any atom is 0.255 e. The summed E-state index contributed by atoms with van der Waals surface area (Å²) in [5, 5.41) is 2.97. The van der Waals surface area contributed by atoms with Crippen LogP contribution in [-0.4, -0.2) is 52.2 Å². The Balaban J connectivity index is 0.00000441. The maximum absolute atomic E-state index is 12.4. The summed E-state index contributed by atoms with van der Waals surface area (Å²) in [6, 6.07) is 6.65. The van der Waals surface area contributed by atoms with Crippen molar-refractivity contribution < 1.29 is 13.2 Å². The summed E-state index contributed by atoms with van der Waals surface area (Å²) in [5.74, 6) is -0.175. The van der Waals surface area contributed by atoms with Gasteiger partial charge in [-0.05, 0) is 25.6 Å². The van der Waals surface area contributed by atoms with Gasteiger partial charge in [0.25, 0.3) is 5.91 Å². The quantitative estimate of drug-likeness (QED) is 0.746. The van der Waals surface area contributed by atoms with Crippen LogP contribution in [0.4, 0.5) is 5.69 Å². The molecule has 0 aliphatic rings. The Morgan fingerprint density at radius 3 is 2.50 bits per heavy atom. The van der Waals surface area contributed by atoms with Gasteiger partial charge in [0.15, 0.2) is 0 Å². The van der Waals surface area contributed by atoms with E-state index in [1.54, 1.807) is 43.1 Å². The van der Waals surface area contributed by atoms with Crippen LogP contribution in [0.2, 0.25) is 0 Å². The fourth-order valence-electron chi connectivity index (χ4n) is 1.83. The largest absolute Gasteiger partial charge is 0.340 e. The molecule has 0 aliphatic heterocycles. The SMILES string of the molecule is CCCS(=O)(=O)Nc1ccccc1C(=O)N(C)CCNC.Cl. The highest BCUT2D eigenvalue weighted by Gasteiger charge is 2.18. The monoisotopic (exact) mass is 349 g/mol. The van der Waals surface area contributed by atoms with Crippen molar-refractivity contribution in [1.29, 1.82) is 0 Å². The lowest BCUT2D eigenvalue weighted by atomic mass is 10.1. The lowest BCUT2D eigenvalue weighted by Crippen LogP contribution is -2.33. The van der Waals surface area contributed by atoms with Gasteiger partial charge in [-0.25, -0.2) is 8.42 Å². The molecule has 0 spiro atoms. The Kier molecular flexibility index (Phi) is 9.08. The van der Waals surface area contributed by atoms with Gasteiger partial charge in [-0.1, -0.05) is 19.1 Å². The summed E-state index contributed by atoms with van der Waals surface area (Å²) in [6.45, 7) is 3.01. The third-order valence-corrected chi connectivity index (χ3v) is 4.42. The van der Waals surface area contributed by atoms with Crippen molar-refractivity contribution >= 4 is 34.0 Å². The van der Waals surface area contributed by atoms with E-state index in [1.165, 1.54) is 0 Å². The highest BCUT2D eigenvalue weighted by molar-refractivity contribution is 7.92. The summed E-state index contributed by atoms with van der Waals surface area (Å²) in [5.41, 5.74) is 0.683. The minimum Gasteiger partial charge on any atom is -0.340 e. The predicted octanol–water partition coefficient (Wildman–Crippen LogP) is 1.55. The Morgan fingerprint density at radius 2 is 1.91 bits per heavy atom. The molecule has 6 nitrogen and oxygen atoms in total. The molecule has 0 aromatic heterocycles. The molecule has 0 bridgehead atoms. The second-order valence-electron chi connectivity index (χ2n) is 4.80. The molecule has 2 N–H and O–H groups in total. The summed E-state index contributed by atoms with van der Waals surface area (Å²) in [7, 11) is 0.0857. The average molecular weight is 350 g/mol. The lowest BCUT2D eigenvalue weighted by molar-refractivity contribution is 0.0798. The van der Waals surface area contributed by atoms with Gasteiger partial charge in [-0.2, -0.15) is 0 Å². The first-order valence-corrected chi connectivity index (χ1v) is 8.56. The van der Waals surface area contributed by atoms with Crippen molar-refractivity contribution in [3.8, 4) is 0 Å². The minimum atomic E-state index is -3.42. The van der Waals surface area contributed by atoms with Gasteiger partial charge in [-0.3, -0.25) is 9.52 Å². The second-order valence-corrected chi connectivity index (χ2v) is 6.64. The third-order valence-electron chi connectivity index (χ3n) is 2.94. The Morgan fingerprint density at radius 1 is 1.27 bits per heavy atom. The fraction of sp³-hybridized carbons (Fsp3) is 0.500. The van der Waals surface area contributed by atoms with Crippen molar-refractivity contribution in [2.45, 2.75) is 13.3 Å². The molecule has 0 aliphatic carbocycles. The van der Waals surface area contributed by atoms with Crippen molar-refractivity contribution in [2.24, 2.45) is 0 Å². The van der Waals surface area contributed by atoms with Crippen LogP contribution in [0.15, 0.2) is 24.3 Å². The number of amides is 1. The zero-order valence-corrected chi connectivity index (χ0v) is 14.8. The average Bonchev–Trinajstić information content (AvgIpc) is 2.44. The van der Waals surface area contributed by atoms with Crippen LogP contribution >= 0.6 is 12.4 Å². The van der Waals surface area contributed by atoms with Gasteiger partial charge in [0, 0.05) is 20.1 Å². The van der Waals surface area contributed by atoms with Crippen LogP contribution in [0.3, 0.4) is 0 Å². The van der Waals surface area contributed by atoms with Crippen molar-refractivity contribution in [2.75, 3.05) is 37.7 Å². The van der Waals surface area contributed by atoms with Crippen molar-refractivity contribution in [3.63, 3.8) is 0 Å². The number of para-hydroxylation sites is 1. The molecule has 126 valence electrons. The molecule has 1 rings (SSSR count). The Hall–Kier alpha value is -1.31. The van der Waals surface area contributed by atoms with E-state index in [4.69, 9.17) is 0 Å². The molecule has 1 amide bonds. The number of carbonyl (C=O) groups is 1. The van der Waals surface area contributed by atoms with Crippen LogP contribution < -0.4 is 10.0 Å². The molecule has 0 heterocycles. The topological polar surface area (TPSA) is 78.5 Å². The number of benzene rings is 1. The van der Waals surface area contributed by atoms with Gasteiger partial charge in [0.1, 0.15) is 0 Å². The molecule has 8 heteroatoms. The fourth-order valence-corrected chi connectivity index (χ4v) is 2.99. The van der Waals surface area contributed by atoms with Gasteiger partial charge in [0.05, 0.1) is 17.0 Å². The summed E-state index contributed by atoms with van der Waals surface area (Å²) in [6.07, 6.45) is 0.521. The molecule has 0 unspecified atom stereocenters. The Labute approximate surface area is 138 Å². The number of likely N-dealkylation sites (N-methyl/N-ethyl adjacent to an activating group) is 2. The number of rotatable bonds is 8. The van der Waals surface area contributed by atoms with Crippen LogP contribution in [0.25, 0.3) is 0 Å². The zero-order valence-electron chi connectivity index (χ0n) is 13.1. The van der Waals surface area contributed by atoms with E-state index in [0.717, 1.165) is 0 Å². The number of hydrogen-bond acceptors (Lipinski definition) is 4. The van der Waals surface area contributed by atoms with E-state index in [0.29, 0.717) is 30.8 Å². The molecule has 1 aromatic rings. The number of nitrogens with zero attached hydrogens (tertiary/aromatic N) is 1. The number of nitrogens with one attached hydrogen (secondary N) is 2. The minimum absolute atomic E-state index is 0. The van der Waals surface area contributed by atoms with Crippen LogP contribution in [0.1, 0.15) is 23.7 Å². The van der Waals surface area contributed by atoms with Crippen LogP contribution in [0, 0.1) is 0 Å². The molecular formula is C14H24ClN3O3S. The van der Waals surface area contributed by atoms with Gasteiger partial charge in [-0.15, -0.1) is 12.4 Å². The van der Waals surface area contributed by atoms with E-state index < -0.39 is 10.0 Å². The number of carbonyl (C=O) groups excluding carboxylic acids is 1. The van der Waals surface area contributed by atoms with Gasteiger partial charge >= 0.3 is 0 Å². The number of hydrogen-bond donors (Lipinski definition) is 2. The van der Waals surface area contributed by atoms with E-state index in [1.807, 2.05) is 7.05 Å². The van der Waals surface area contributed by atoms with E-state index in [9.17, 15) is 13.2 Å². The summed E-state index contributed by atoms with van der Waals surface area (Å²) in [4.78, 5) is 13.9. The van der Waals surface area contributed by atoms with Crippen LogP contribution in [0.5, 0.6) is 0 Å². The molecule has 1 aromatic carbocycles. The molecule has 0 saturated heterocycles. The zero-order chi connectivity index (χ0) is 15.9. The summed E-state index contributed by atoms with van der Waals surface area (Å²) >= 11 is 0. The maximum atomic E-state index is 12.4. The normalized spacial score (nSPS) is 10.7.